The van der Waals surface area contributed by atoms with Gasteiger partial charge in [-0.25, -0.2) is 4.79 Å². The number of ether oxygens (including phenoxy) is 2. The minimum atomic E-state index is -1.23. The molecule has 0 bridgehead atoms. The Morgan fingerprint density at radius 1 is 0.945 bits per heavy atom. The van der Waals surface area contributed by atoms with Crippen LogP contribution in [0.1, 0.15) is 87.1 Å². The van der Waals surface area contributed by atoms with E-state index in [1.54, 1.807) is 55.1 Å². The van der Waals surface area contributed by atoms with Gasteiger partial charge in [-0.2, -0.15) is 0 Å². The number of nitrogens with zero attached hydrogens (tertiary/aromatic N) is 2. The normalized spacial score (nSPS) is 21.6. The minimum absolute atomic E-state index is 0.00136. The summed E-state index contributed by atoms with van der Waals surface area (Å²) in [5.74, 6) is -3.43. The minimum Gasteiger partial charge on any atom is -0.480 e. The number of aliphatic carboxylic acids is 1. The van der Waals surface area contributed by atoms with E-state index >= 15 is 0 Å². The van der Waals surface area contributed by atoms with Gasteiger partial charge >= 0.3 is 5.97 Å². The summed E-state index contributed by atoms with van der Waals surface area (Å²) >= 11 is 6.29. The van der Waals surface area contributed by atoms with Gasteiger partial charge in [0.15, 0.2) is 0 Å². The highest BCUT2D eigenvalue weighted by molar-refractivity contribution is 6.31. The molecular weight excluding hydrogens is 726 g/mol. The van der Waals surface area contributed by atoms with E-state index in [1.165, 1.54) is 14.2 Å². The highest BCUT2D eigenvalue weighted by Crippen LogP contribution is 2.36. The fraction of sp³-hybridized carbons (Fsp3) is 0.732. The standard InChI is InChI=1S/C41H68ClN5O8/c1-14-24(6)36(46(11)40(51)35(23(4)5)45-39(50)34(43-10)22(2)3)32(54-12)21-33(48)47-27(9)25(7)19-31(47)37(55-13)26(8)38(49)44-30(41(52)53)20-28-17-15-16-18-29(28)42/h15-18,22-27,30-32,34-37,43H,14,19-21H2,1-13H3,(H,44,49)(H,45,50)(H,52,53)/t24-,25-,26+,27?,30-,31-,32+,34?,35-,36-,37+/m0/s1. The highest BCUT2D eigenvalue weighted by Gasteiger charge is 2.47. The maximum absolute atomic E-state index is 14.5. The molecule has 11 atom stereocenters. The maximum Gasteiger partial charge on any atom is 0.326 e. The van der Waals surface area contributed by atoms with Crippen LogP contribution in [0.25, 0.3) is 0 Å². The molecule has 1 saturated heterocycles. The Morgan fingerprint density at radius 2 is 1.55 bits per heavy atom. The van der Waals surface area contributed by atoms with Crippen molar-refractivity contribution >= 4 is 41.2 Å². The second-order valence-electron chi connectivity index (χ2n) is 16.1. The van der Waals surface area contributed by atoms with Crippen molar-refractivity contribution in [3.8, 4) is 0 Å². The van der Waals surface area contributed by atoms with Gasteiger partial charge in [0.05, 0.1) is 42.7 Å². The first-order chi connectivity index (χ1) is 25.8. The van der Waals surface area contributed by atoms with Gasteiger partial charge < -0.3 is 40.3 Å². The van der Waals surface area contributed by atoms with Crippen molar-refractivity contribution in [2.45, 2.75) is 136 Å². The first-order valence-electron chi connectivity index (χ1n) is 19.6. The van der Waals surface area contributed by atoms with Crippen molar-refractivity contribution in [3.63, 3.8) is 0 Å². The van der Waals surface area contributed by atoms with Gasteiger partial charge in [0.2, 0.25) is 23.6 Å². The average Bonchev–Trinajstić information content (AvgIpc) is 3.42. The van der Waals surface area contributed by atoms with Crippen LogP contribution in [0.15, 0.2) is 24.3 Å². The SMILES string of the molecule is CC[C@H](C)[C@@H]([C@@H](CC(=O)N1C(C)[C@@H](C)C[C@H]1[C@H](OC)[C@@H](C)C(=O)N[C@@H](Cc1ccccc1Cl)C(=O)O)OC)N(C)C(=O)[C@@H](NC(=O)C(NC)C(C)C)C(C)C. The second-order valence-corrected chi connectivity index (χ2v) is 16.5. The molecule has 1 aromatic rings. The molecule has 1 aromatic carbocycles. The predicted molar refractivity (Wildman–Crippen MR) is 214 cm³/mol. The predicted octanol–water partition coefficient (Wildman–Crippen LogP) is 4.39. The Morgan fingerprint density at radius 3 is 2.04 bits per heavy atom. The fourth-order valence-electron chi connectivity index (χ4n) is 7.95. The van der Waals surface area contributed by atoms with Crippen molar-refractivity contribution in [1.29, 1.82) is 0 Å². The third kappa shape index (κ3) is 12.1. The van der Waals surface area contributed by atoms with Gasteiger partial charge in [-0.05, 0) is 55.7 Å². The zero-order valence-corrected chi connectivity index (χ0v) is 36.0. The molecule has 0 spiro atoms. The van der Waals surface area contributed by atoms with Crippen molar-refractivity contribution in [2.24, 2.45) is 29.6 Å². The number of hydrogen-bond acceptors (Lipinski definition) is 8. The van der Waals surface area contributed by atoms with Crippen LogP contribution in [-0.2, 0) is 39.9 Å². The molecule has 2 unspecified atom stereocenters. The second kappa shape index (κ2) is 21.9. The van der Waals surface area contributed by atoms with Crippen LogP contribution in [-0.4, -0.2) is 121 Å². The Bertz CT molecular complexity index is 1440. The molecule has 14 heteroatoms. The summed E-state index contributed by atoms with van der Waals surface area (Å²) in [7, 11) is 6.45. The summed E-state index contributed by atoms with van der Waals surface area (Å²) in [6, 6.07) is 3.21. The van der Waals surface area contributed by atoms with Gasteiger partial charge in [0, 0.05) is 38.8 Å². The zero-order chi connectivity index (χ0) is 41.9. The molecule has 312 valence electrons. The van der Waals surface area contributed by atoms with Crippen LogP contribution < -0.4 is 16.0 Å². The van der Waals surface area contributed by atoms with Gasteiger partial charge in [-0.15, -0.1) is 0 Å². The number of benzene rings is 1. The van der Waals surface area contributed by atoms with Gasteiger partial charge in [0.1, 0.15) is 12.1 Å². The topological polar surface area (TPSA) is 167 Å². The fourth-order valence-corrected chi connectivity index (χ4v) is 8.17. The van der Waals surface area contributed by atoms with E-state index in [1.807, 2.05) is 55.4 Å². The molecule has 4 N–H and O–H groups in total. The Hall–Kier alpha value is -3.26. The van der Waals surface area contributed by atoms with E-state index in [0.717, 1.165) is 0 Å². The van der Waals surface area contributed by atoms with Crippen molar-refractivity contribution in [1.82, 2.24) is 25.8 Å². The first kappa shape index (κ1) is 47.9. The number of likely N-dealkylation sites (N-methyl/N-ethyl adjacent to an activating group) is 2. The first-order valence-corrected chi connectivity index (χ1v) is 20.0. The van der Waals surface area contributed by atoms with Gasteiger partial charge in [-0.1, -0.05) is 91.6 Å². The molecule has 1 aliphatic rings. The van der Waals surface area contributed by atoms with Crippen LogP contribution in [0, 0.1) is 29.6 Å². The molecule has 1 fully saturated rings. The number of methoxy groups -OCH3 is 2. The number of rotatable bonds is 21. The van der Waals surface area contributed by atoms with Crippen LogP contribution in [0.5, 0.6) is 0 Å². The molecule has 55 heavy (non-hydrogen) atoms. The summed E-state index contributed by atoms with van der Waals surface area (Å²) < 4.78 is 12.0. The van der Waals surface area contributed by atoms with Crippen LogP contribution in [0.2, 0.25) is 5.02 Å². The largest absolute Gasteiger partial charge is 0.480 e. The van der Waals surface area contributed by atoms with E-state index in [2.05, 4.69) is 16.0 Å². The smallest absolute Gasteiger partial charge is 0.326 e. The van der Waals surface area contributed by atoms with E-state index in [9.17, 15) is 29.1 Å². The highest BCUT2D eigenvalue weighted by atomic mass is 35.5. The van der Waals surface area contributed by atoms with E-state index in [0.29, 0.717) is 23.4 Å². The summed E-state index contributed by atoms with van der Waals surface area (Å²) in [5, 5.41) is 19.1. The Kier molecular flexibility index (Phi) is 19.1. The van der Waals surface area contributed by atoms with Crippen LogP contribution >= 0.6 is 11.6 Å². The van der Waals surface area contributed by atoms with Crippen molar-refractivity contribution < 1.29 is 38.6 Å². The van der Waals surface area contributed by atoms with Gasteiger partial charge in [-0.3, -0.25) is 19.2 Å². The molecule has 0 aromatic heterocycles. The summed E-state index contributed by atoms with van der Waals surface area (Å²) in [6.07, 6.45) is -0.207. The monoisotopic (exact) mass is 793 g/mol. The average molecular weight is 794 g/mol. The molecule has 0 saturated carbocycles. The lowest BCUT2D eigenvalue weighted by Crippen LogP contribution is -2.60. The molecule has 13 nitrogen and oxygen atoms in total. The number of carboxylic acid groups (broad SMARTS) is 1. The summed E-state index contributed by atoms with van der Waals surface area (Å²) in [4.78, 5) is 71.3. The summed E-state index contributed by atoms with van der Waals surface area (Å²) in [5.41, 5.74) is 0.594. The lowest BCUT2D eigenvalue weighted by atomic mass is 9.89. The zero-order valence-electron chi connectivity index (χ0n) is 35.2. The van der Waals surface area contributed by atoms with Crippen LogP contribution in [0.3, 0.4) is 0 Å². The Labute approximate surface area is 334 Å². The quantitative estimate of drug-likeness (QED) is 0.141. The molecule has 4 amide bonds. The number of halogens is 1. The molecule has 1 heterocycles. The third-order valence-corrected chi connectivity index (χ3v) is 12.0. The molecule has 2 rings (SSSR count). The van der Waals surface area contributed by atoms with E-state index < -0.39 is 60.2 Å². The number of carboxylic acids is 1. The number of carbonyl (C=O) groups excluding carboxylic acids is 4. The molecule has 0 aliphatic carbocycles. The number of amides is 4. The number of nitrogens with one attached hydrogen (secondary N) is 3. The molecule has 0 radical (unpaired) electrons. The lowest BCUT2D eigenvalue weighted by Gasteiger charge is -2.41. The molecule has 1 aliphatic heterocycles. The number of hydrogen-bond donors (Lipinski definition) is 4. The number of carbonyl (C=O) groups is 5. The maximum atomic E-state index is 14.5. The lowest BCUT2D eigenvalue weighted by molar-refractivity contribution is -0.149. The van der Waals surface area contributed by atoms with Crippen molar-refractivity contribution in [2.75, 3.05) is 28.3 Å². The number of likely N-dealkylation sites (tertiary alicyclic amines) is 1. The third-order valence-electron chi connectivity index (χ3n) is 11.6. The van der Waals surface area contributed by atoms with E-state index in [4.69, 9.17) is 21.1 Å². The van der Waals surface area contributed by atoms with Crippen molar-refractivity contribution in [3.05, 3.63) is 34.9 Å². The van der Waals surface area contributed by atoms with Gasteiger partial charge in [0.25, 0.3) is 0 Å². The Balaban J connectivity index is 2.37. The summed E-state index contributed by atoms with van der Waals surface area (Å²) in [6.45, 7) is 17.4. The van der Waals surface area contributed by atoms with E-state index in [-0.39, 0.29) is 60.3 Å². The van der Waals surface area contributed by atoms with Crippen LogP contribution in [0.4, 0.5) is 0 Å². The molecular formula is C41H68ClN5O8.